The van der Waals surface area contributed by atoms with E-state index >= 15 is 0 Å². The molecule has 0 saturated heterocycles. The zero-order valence-electron chi connectivity index (χ0n) is 39.5. The summed E-state index contributed by atoms with van der Waals surface area (Å²) >= 11 is 0. The molecule has 0 saturated carbocycles. The Bertz CT molecular complexity index is 2020. The lowest BCUT2D eigenvalue weighted by Gasteiger charge is -2.37. The van der Waals surface area contributed by atoms with E-state index in [4.69, 9.17) is 0 Å². The van der Waals surface area contributed by atoms with Gasteiger partial charge in [0.1, 0.15) is 0 Å². The van der Waals surface area contributed by atoms with Gasteiger partial charge in [-0.15, -0.1) is 0 Å². The second-order valence-corrected chi connectivity index (χ2v) is 18.6. The van der Waals surface area contributed by atoms with Crippen LogP contribution in [0.3, 0.4) is 0 Å². The molecule has 0 bridgehead atoms. The highest BCUT2D eigenvalue weighted by Gasteiger charge is 2.38. The molecule has 0 heterocycles. The van der Waals surface area contributed by atoms with Crippen LogP contribution in [0, 0.1) is 10.8 Å². The van der Waals surface area contributed by atoms with E-state index in [1.54, 1.807) is 0 Å². The summed E-state index contributed by atoms with van der Waals surface area (Å²) in [5, 5.41) is 7.11. The van der Waals surface area contributed by atoms with Crippen molar-refractivity contribution in [3.63, 3.8) is 0 Å². The normalized spacial score (nSPS) is 20.7. The maximum Gasteiger partial charge on any atom is 0.175 e. The van der Waals surface area contributed by atoms with E-state index in [1.807, 2.05) is 26.0 Å². The summed E-state index contributed by atoms with van der Waals surface area (Å²) in [5.41, 5.74) is 11.0. The van der Waals surface area contributed by atoms with Crippen LogP contribution in [-0.4, -0.2) is 36.7 Å². The van der Waals surface area contributed by atoms with Gasteiger partial charge in [-0.05, 0) is 137 Å². The minimum absolute atomic E-state index is 0.0947. The van der Waals surface area contributed by atoms with Gasteiger partial charge in [-0.1, -0.05) is 196 Å². The summed E-state index contributed by atoms with van der Waals surface area (Å²) in [6.45, 7) is 23.0. The fraction of sp³-hybridized carbons (Fsp3) is 0.379. The van der Waals surface area contributed by atoms with Crippen molar-refractivity contribution in [3.8, 4) is 0 Å². The molecular weight excluding hydrogens is 757 g/mol. The van der Waals surface area contributed by atoms with Crippen LogP contribution in [0.2, 0.25) is 0 Å². The summed E-state index contributed by atoms with van der Waals surface area (Å²) in [7, 11) is 0. The number of carbonyl (C=O) groups is 2. The van der Waals surface area contributed by atoms with Crippen LogP contribution in [0.25, 0.3) is 0 Å². The van der Waals surface area contributed by atoms with Gasteiger partial charge in [0.2, 0.25) is 0 Å². The highest BCUT2D eigenvalue weighted by molar-refractivity contribution is 6.02. The molecule has 2 N–H and O–H groups in total. The van der Waals surface area contributed by atoms with Crippen LogP contribution in [0.15, 0.2) is 190 Å². The molecule has 328 valence electrons. The summed E-state index contributed by atoms with van der Waals surface area (Å²) in [6, 6.07) is 20.8. The molecule has 2 aromatic rings. The predicted octanol–water partition coefficient (Wildman–Crippen LogP) is 13.4. The standard InChI is InChI=1S/C58H74N2O2/c1-43(25-19-27-45(3)35-37-51-47(5)55(61)53(41-57(51,7)8)59-39-21-33-49-29-13-11-14-30-49)23-17-18-24-44(2)26-20-28-46(4)36-38-52-48(6)56(62)54(42-58(52,9)10)60-40-22-34-50-31-15-12-16-32-50/h11-20,23-32,35-38,53-54,59-60H,21-22,33-34,39-42H2,1-10H3. The Labute approximate surface area is 375 Å². The van der Waals surface area contributed by atoms with Crippen molar-refractivity contribution in [1.29, 1.82) is 0 Å². The number of carbonyl (C=O) groups excluding carboxylic acids is 2. The second kappa shape index (κ2) is 24.5. The SMILES string of the molecule is CC(C=CC=C(C)C=CC1=C(C)C(=O)C(NCCCc2ccccc2)CC1(C)C)=CC=CC=C(C)C=CC=C(C)C=CC1=C(C)C(=O)C(NCCCc2ccccc2)CC1(C)C. The maximum absolute atomic E-state index is 13.3. The minimum Gasteiger partial charge on any atom is -0.307 e. The average Bonchev–Trinajstić information content (AvgIpc) is 3.23. The molecule has 4 heteroatoms. The molecule has 0 aromatic heterocycles. The van der Waals surface area contributed by atoms with Crippen molar-refractivity contribution in [3.05, 3.63) is 201 Å². The van der Waals surface area contributed by atoms with Crippen molar-refractivity contribution in [2.45, 2.75) is 120 Å². The van der Waals surface area contributed by atoms with Gasteiger partial charge < -0.3 is 10.6 Å². The molecule has 4 nitrogen and oxygen atoms in total. The first-order valence-electron chi connectivity index (χ1n) is 22.7. The average molecular weight is 831 g/mol. The van der Waals surface area contributed by atoms with Crippen molar-refractivity contribution in [2.24, 2.45) is 10.8 Å². The van der Waals surface area contributed by atoms with Gasteiger partial charge in [-0.25, -0.2) is 0 Å². The number of nitrogens with one attached hydrogen (secondary N) is 2. The van der Waals surface area contributed by atoms with Gasteiger partial charge in [0.05, 0.1) is 12.1 Å². The lowest BCUT2D eigenvalue weighted by Crippen LogP contribution is -2.45. The quantitative estimate of drug-likeness (QED) is 0.103. The summed E-state index contributed by atoms with van der Waals surface area (Å²) in [6.07, 6.45) is 35.1. The topological polar surface area (TPSA) is 58.2 Å². The molecule has 0 fully saturated rings. The van der Waals surface area contributed by atoms with Gasteiger partial charge in [-0.3, -0.25) is 9.59 Å². The number of benzene rings is 2. The number of aryl methyl sites for hydroxylation is 2. The van der Waals surface area contributed by atoms with E-state index in [-0.39, 0.29) is 34.5 Å². The molecule has 0 aliphatic heterocycles. The predicted molar refractivity (Wildman–Crippen MR) is 266 cm³/mol. The van der Waals surface area contributed by atoms with Gasteiger partial charge in [0.25, 0.3) is 0 Å². The van der Waals surface area contributed by atoms with Gasteiger partial charge in [0, 0.05) is 0 Å². The molecule has 2 atom stereocenters. The van der Waals surface area contributed by atoms with E-state index in [0.29, 0.717) is 0 Å². The lowest BCUT2D eigenvalue weighted by molar-refractivity contribution is -0.119. The highest BCUT2D eigenvalue weighted by Crippen LogP contribution is 2.41. The third kappa shape index (κ3) is 15.9. The molecule has 0 amide bonds. The minimum atomic E-state index is -0.132. The fourth-order valence-electron chi connectivity index (χ4n) is 8.46. The summed E-state index contributed by atoms with van der Waals surface area (Å²) < 4.78 is 0. The highest BCUT2D eigenvalue weighted by atomic mass is 16.1. The zero-order chi connectivity index (χ0) is 45.1. The molecule has 2 aromatic carbocycles. The number of rotatable bonds is 20. The number of allylic oxidation sites excluding steroid dienone is 20. The number of ketones is 2. The monoisotopic (exact) mass is 831 g/mol. The van der Waals surface area contributed by atoms with Crippen molar-refractivity contribution < 1.29 is 9.59 Å². The summed E-state index contributed by atoms with van der Waals surface area (Å²) in [5.74, 6) is 0.436. The fourth-order valence-corrected chi connectivity index (χ4v) is 8.46. The first-order valence-corrected chi connectivity index (χ1v) is 22.7. The molecule has 4 rings (SSSR count). The smallest absolute Gasteiger partial charge is 0.175 e. The molecule has 62 heavy (non-hydrogen) atoms. The first-order chi connectivity index (χ1) is 29.6. The van der Waals surface area contributed by atoms with Crippen molar-refractivity contribution >= 4 is 11.6 Å². The Hall–Kier alpha value is -5.16. The van der Waals surface area contributed by atoms with Crippen LogP contribution >= 0.6 is 0 Å². The van der Waals surface area contributed by atoms with Gasteiger partial charge in [-0.2, -0.15) is 0 Å². The zero-order valence-corrected chi connectivity index (χ0v) is 39.5. The largest absolute Gasteiger partial charge is 0.307 e. The van der Waals surface area contributed by atoms with E-state index in [0.717, 1.165) is 96.2 Å². The van der Waals surface area contributed by atoms with Crippen LogP contribution < -0.4 is 10.6 Å². The Morgan fingerprint density at radius 1 is 0.532 bits per heavy atom. The third-order valence-corrected chi connectivity index (χ3v) is 12.1. The molecular formula is C58H74N2O2. The second-order valence-electron chi connectivity index (χ2n) is 18.6. The van der Waals surface area contributed by atoms with Gasteiger partial charge >= 0.3 is 0 Å². The van der Waals surface area contributed by atoms with E-state index < -0.39 is 0 Å². The van der Waals surface area contributed by atoms with Crippen LogP contribution in [-0.2, 0) is 22.4 Å². The number of hydrogen-bond acceptors (Lipinski definition) is 4. The summed E-state index contributed by atoms with van der Waals surface area (Å²) in [4.78, 5) is 26.7. The third-order valence-electron chi connectivity index (χ3n) is 12.1. The van der Waals surface area contributed by atoms with Crippen LogP contribution in [0.4, 0.5) is 0 Å². The molecule has 0 radical (unpaired) electrons. The Morgan fingerprint density at radius 3 is 1.24 bits per heavy atom. The van der Waals surface area contributed by atoms with E-state index in [2.05, 4.69) is 200 Å². The van der Waals surface area contributed by atoms with Crippen molar-refractivity contribution in [2.75, 3.05) is 13.1 Å². The van der Waals surface area contributed by atoms with Crippen LogP contribution in [0.5, 0.6) is 0 Å². The Balaban J connectivity index is 1.23. The molecule has 2 unspecified atom stereocenters. The molecule has 2 aliphatic carbocycles. The van der Waals surface area contributed by atoms with Crippen LogP contribution in [0.1, 0.15) is 106 Å². The van der Waals surface area contributed by atoms with Gasteiger partial charge in [0.15, 0.2) is 11.6 Å². The molecule has 2 aliphatic rings. The molecule has 0 spiro atoms. The first kappa shape index (κ1) is 49.5. The van der Waals surface area contributed by atoms with Crippen molar-refractivity contribution in [1.82, 2.24) is 10.6 Å². The Morgan fingerprint density at radius 2 is 0.871 bits per heavy atom. The van der Waals surface area contributed by atoms with E-state index in [1.165, 1.54) is 11.1 Å². The lowest BCUT2D eigenvalue weighted by atomic mass is 9.70. The number of Topliss-reactive ketones (excluding diaryl/α,β-unsaturated/α-hetero) is 2. The van der Waals surface area contributed by atoms with E-state index in [9.17, 15) is 9.59 Å². The maximum atomic E-state index is 13.3. The number of hydrogen-bond donors (Lipinski definition) is 2. The Kier molecular flexibility index (Phi) is 19.5.